The minimum atomic E-state index is 0. The van der Waals surface area contributed by atoms with Crippen molar-refractivity contribution in [1.29, 1.82) is 0 Å². The van der Waals surface area contributed by atoms with Crippen molar-refractivity contribution in [2.24, 2.45) is 0 Å². The van der Waals surface area contributed by atoms with E-state index in [1.165, 1.54) is 116 Å². The van der Waals surface area contributed by atoms with Gasteiger partial charge in [-0.15, -0.1) is 0 Å². The van der Waals surface area contributed by atoms with Crippen LogP contribution in [0.15, 0.2) is 12.2 Å². The molecule has 0 aromatic heterocycles. The second-order valence-corrected chi connectivity index (χ2v) is 7.72. The molecule has 0 saturated heterocycles. The maximum atomic E-state index is 3.84. The fourth-order valence-electron chi connectivity index (χ4n) is 3.46. The molecular weight excluding hydrogens is 309 g/mol. The average molecular weight is 358 g/mol. The van der Waals surface area contributed by atoms with Gasteiger partial charge in [0.05, 0.1) is 0 Å². The van der Waals surface area contributed by atoms with E-state index in [0.29, 0.717) is 0 Å². The summed E-state index contributed by atoms with van der Waals surface area (Å²) < 4.78 is 0. The van der Waals surface area contributed by atoms with Crippen LogP contribution < -0.4 is 18.9 Å². The Morgan fingerprint density at radius 3 is 1.27 bits per heavy atom. The predicted molar refractivity (Wildman–Crippen MR) is 116 cm³/mol. The molecule has 0 aliphatic heterocycles. The molecule has 0 radical (unpaired) electrons. The Morgan fingerprint density at radius 2 is 0.923 bits per heavy atom. The third-order valence-electron chi connectivity index (χ3n) is 5.19. The van der Waals surface area contributed by atoms with Crippen molar-refractivity contribution in [3.63, 3.8) is 0 Å². The van der Waals surface area contributed by atoms with Gasteiger partial charge in [0, 0.05) is 0 Å². The Bertz CT molecular complexity index is 245. The van der Waals surface area contributed by atoms with E-state index in [2.05, 4.69) is 31.7 Å². The van der Waals surface area contributed by atoms with Gasteiger partial charge in [-0.3, -0.25) is 0 Å². The Hall–Kier alpha value is 0.167. The van der Waals surface area contributed by atoms with Gasteiger partial charge in [-0.25, -0.2) is 19.1 Å². The van der Waals surface area contributed by atoms with Crippen LogP contribution in [0, 0.1) is 6.92 Å². The van der Waals surface area contributed by atoms with Crippen LogP contribution in [-0.2, 0) is 0 Å². The molecular formula is C24H48LiN. The standard InChI is InChI=1S/C24H48N.Li/c1-4-7-10-12-14-16-18-20-23-25(22-9-6-3)24-21-19-17-15-13-11-8-5-2;/h6,9H,3-5,7-8,10-24H2,1-2H3;/q-1;+1. The molecule has 0 N–H and O–H groups in total. The molecule has 0 bridgehead atoms. The van der Waals surface area contributed by atoms with Gasteiger partial charge < -0.3 is 4.90 Å². The van der Waals surface area contributed by atoms with Crippen molar-refractivity contribution >= 4 is 0 Å². The summed E-state index contributed by atoms with van der Waals surface area (Å²) in [6, 6.07) is 0. The number of allylic oxidation sites excluding steroid dienone is 1. The van der Waals surface area contributed by atoms with Crippen molar-refractivity contribution in [2.45, 2.75) is 117 Å². The largest absolute Gasteiger partial charge is 1.00 e. The Labute approximate surface area is 179 Å². The van der Waals surface area contributed by atoms with E-state index >= 15 is 0 Å². The van der Waals surface area contributed by atoms with E-state index in [9.17, 15) is 0 Å². The van der Waals surface area contributed by atoms with Crippen LogP contribution in [0.5, 0.6) is 0 Å². The first-order valence-electron chi connectivity index (χ1n) is 11.5. The van der Waals surface area contributed by atoms with Crippen LogP contribution in [0.3, 0.4) is 0 Å². The summed E-state index contributed by atoms with van der Waals surface area (Å²) in [5.41, 5.74) is 0. The molecule has 0 fully saturated rings. The Kier molecular flexibility index (Phi) is 27.5. The number of hydrogen-bond acceptors (Lipinski definition) is 1. The predicted octanol–water partition coefficient (Wildman–Crippen LogP) is 4.96. The molecule has 1 nitrogen and oxygen atoms in total. The Balaban J connectivity index is 0. The molecule has 0 heterocycles. The van der Waals surface area contributed by atoms with Crippen LogP contribution >= 0.6 is 0 Å². The van der Waals surface area contributed by atoms with Crippen LogP contribution in [0.1, 0.15) is 117 Å². The second kappa shape index (κ2) is 25.2. The van der Waals surface area contributed by atoms with Crippen LogP contribution in [0.25, 0.3) is 0 Å². The molecule has 0 unspecified atom stereocenters. The zero-order valence-corrected chi connectivity index (χ0v) is 18.7. The molecule has 0 aromatic rings. The van der Waals surface area contributed by atoms with Crippen LogP contribution in [0.4, 0.5) is 0 Å². The zero-order valence-electron chi connectivity index (χ0n) is 18.7. The monoisotopic (exact) mass is 357 g/mol. The summed E-state index contributed by atoms with van der Waals surface area (Å²) in [6.07, 6.45) is 26.8. The van der Waals surface area contributed by atoms with Crippen LogP contribution in [0.2, 0.25) is 0 Å². The van der Waals surface area contributed by atoms with E-state index in [-0.39, 0.29) is 18.9 Å². The van der Waals surface area contributed by atoms with Crippen molar-refractivity contribution in [3.8, 4) is 0 Å². The third kappa shape index (κ3) is 22.2. The molecule has 150 valence electrons. The van der Waals surface area contributed by atoms with Gasteiger partial charge in [0.15, 0.2) is 0 Å². The maximum absolute atomic E-state index is 3.84. The summed E-state index contributed by atoms with van der Waals surface area (Å²) >= 11 is 0. The van der Waals surface area contributed by atoms with E-state index in [4.69, 9.17) is 0 Å². The third-order valence-corrected chi connectivity index (χ3v) is 5.19. The van der Waals surface area contributed by atoms with Gasteiger partial charge in [-0.1, -0.05) is 104 Å². The first kappa shape index (κ1) is 28.4. The van der Waals surface area contributed by atoms with Crippen LogP contribution in [-0.4, -0.2) is 24.5 Å². The summed E-state index contributed by atoms with van der Waals surface area (Å²) in [4.78, 5) is 2.63. The first-order valence-corrected chi connectivity index (χ1v) is 11.5. The molecule has 0 aliphatic rings. The molecule has 0 amide bonds. The van der Waals surface area contributed by atoms with Gasteiger partial charge in [0.25, 0.3) is 0 Å². The van der Waals surface area contributed by atoms with Gasteiger partial charge >= 0.3 is 18.9 Å². The fourth-order valence-corrected chi connectivity index (χ4v) is 3.46. The quantitative estimate of drug-likeness (QED) is 0.169. The number of rotatable bonds is 20. The van der Waals surface area contributed by atoms with Crippen molar-refractivity contribution in [2.75, 3.05) is 19.6 Å². The summed E-state index contributed by atoms with van der Waals surface area (Å²) in [5.74, 6) is 0. The maximum Gasteiger partial charge on any atom is 1.00 e. The van der Waals surface area contributed by atoms with Crippen molar-refractivity contribution in [3.05, 3.63) is 19.1 Å². The van der Waals surface area contributed by atoms with Gasteiger partial charge in [-0.2, -0.15) is 0 Å². The average Bonchev–Trinajstić information content (AvgIpc) is 2.63. The summed E-state index contributed by atoms with van der Waals surface area (Å²) in [5, 5.41) is 0. The molecule has 2 heteroatoms. The molecule has 26 heavy (non-hydrogen) atoms. The molecule has 0 aromatic carbocycles. The summed E-state index contributed by atoms with van der Waals surface area (Å²) in [6.45, 7) is 12.1. The Morgan fingerprint density at radius 1 is 0.577 bits per heavy atom. The zero-order chi connectivity index (χ0) is 18.4. The molecule has 0 atom stereocenters. The topological polar surface area (TPSA) is 3.24 Å². The SMILES string of the molecule is [CH2-]C=CCN(CCCCCCCCCC)CCCCCCCCCC.[Li+]. The smallest absolute Gasteiger partial charge is 0.316 e. The van der Waals surface area contributed by atoms with E-state index in [0.717, 1.165) is 6.54 Å². The fraction of sp³-hybridized carbons (Fsp3) is 0.875. The van der Waals surface area contributed by atoms with Gasteiger partial charge in [0.1, 0.15) is 0 Å². The molecule has 0 saturated carbocycles. The molecule has 0 aliphatic carbocycles. The molecule has 0 spiro atoms. The number of nitrogens with zero attached hydrogens (tertiary/aromatic N) is 1. The number of hydrogen-bond donors (Lipinski definition) is 0. The summed E-state index contributed by atoms with van der Waals surface area (Å²) in [7, 11) is 0. The minimum Gasteiger partial charge on any atom is -0.316 e. The molecule has 0 rings (SSSR count). The van der Waals surface area contributed by atoms with Gasteiger partial charge in [0.2, 0.25) is 0 Å². The van der Waals surface area contributed by atoms with E-state index in [1.807, 2.05) is 6.08 Å². The van der Waals surface area contributed by atoms with Crippen molar-refractivity contribution in [1.82, 2.24) is 4.90 Å². The normalized spacial score (nSPS) is 11.3. The first-order chi connectivity index (χ1) is 12.3. The number of unbranched alkanes of at least 4 members (excludes halogenated alkanes) is 14. The van der Waals surface area contributed by atoms with E-state index in [1.54, 1.807) is 0 Å². The van der Waals surface area contributed by atoms with Gasteiger partial charge in [-0.05, 0) is 32.5 Å². The second-order valence-electron chi connectivity index (χ2n) is 7.72. The minimum absolute atomic E-state index is 0. The van der Waals surface area contributed by atoms with E-state index < -0.39 is 0 Å². The van der Waals surface area contributed by atoms with Crippen molar-refractivity contribution < 1.29 is 18.9 Å².